The van der Waals surface area contributed by atoms with E-state index in [0.29, 0.717) is 5.56 Å². The molecular formula is C20H22F2N2O3. The number of nitrogens with one attached hydrogen (secondary N) is 1. The summed E-state index contributed by atoms with van der Waals surface area (Å²) >= 11 is 0. The Morgan fingerprint density at radius 1 is 1.22 bits per heavy atom. The largest absolute Gasteiger partial charge is 0.493 e. The highest BCUT2D eigenvalue weighted by atomic mass is 19.3. The molecule has 0 unspecified atom stereocenters. The Hall–Kier alpha value is -2.67. The lowest BCUT2D eigenvalue weighted by atomic mass is 10.1. The number of methoxy groups -OCH3 is 1. The molecule has 3 rings (SSSR count). The van der Waals surface area contributed by atoms with Crippen LogP contribution in [0.25, 0.3) is 0 Å². The summed E-state index contributed by atoms with van der Waals surface area (Å²) in [6.45, 7) is -0.428. The summed E-state index contributed by atoms with van der Waals surface area (Å²) in [5, 5.41) is 3.00. The van der Waals surface area contributed by atoms with Gasteiger partial charge in [-0.3, -0.25) is 9.69 Å². The second-order valence-electron chi connectivity index (χ2n) is 6.42. The van der Waals surface area contributed by atoms with Gasteiger partial charge in [0.15, 0.2) is 11.5 Å². The Bertz CT molecular complexity index is 771. The first-order valence-corrected chi connectivity index (χ1v) is 8.75. The van der Waals surface area contributed by atoms with Crippen LogP contribution in [0.4, 0.5) is 8.78 Å². The van der Waals surface area contributed by atoms with E-state index >= 15 is 0 Å². The molecule has 1 aliphatic rings. The highest BCUT2D eigenvalue weighted by molar-refractivity contribution is 5.95. The van der Waals surface area contributed by atoms with Gasteiger partial charge in [-0.1, -0.05) is 30.3 Å². The molecule has 144 valence electrons. The Kier molecular flexibility index (Phi) is 6.24. The first-order chi connectivity index (χ1) is 13.0. The summed E-state index contributed by atoms with van der Waals surface area (Å²) in [4.78, 5) is 14.8. The number of alkyl halides is 2. The maximum Gasteiger partial charge on any atom is 0.387 e. The molecule has 1 N–H and O–H groups in total. The maximum absolute atomic E-state index is 12.5. The molecule has 1 fully saturated rings. The standard InChI is InChI=1S/C20H22F2N2O3/c1-26-18-11-15(7-8-17(18)27-20(21)22)19(25)23-16-9-10-24(13-16)12-14-5-3-2-4-6-14/h2-8,11,16,20H,9-10,12-13H2,1H3,(H,23,25)/t16-/m0/s1. The van der Waals surface area contributed by atoms with Crippen molar-refractivity contribution in [3.8, 4) is 11.5 Å². The van der Waals surface area contributed by atoms with Crippen LogP contribution in [0.2, 0.25) is 0 Å². The van der Waals surface area contributed by atoms with Gasteiger partial charge in [-0.15, -0.1) is 0 Å². The molecule has 7 heteroatoms. The van der Waals surface area contributed by atoms with Crippen molar-refractivity contribution in [2.45, 2.75) is 25.6 Å². The molecule has 1 aliphatic heterocycles. The zero-order valence-electron chi connectivity index (χ0n) is 15.0. The lowest BCUT2D eigenvalue weighted by Gasteiger charge is -2.17. The van der Waals surface area contributed by atoms with Crippen molar-refractivity contribution in [1.82, 2.24) is 10.2 Å². The number of carbonyl (C=O) groups is 1. The van der Waals surface area contributed by atoms with Crippen LogP contribution in [-0.2, 0) is 6.54 Å². The van der Waals surface area contributed by atoms with E-state index in [4.69, 9.17) is 4.74 Å². The summed E-state index contributed by atoms with van der Waals surface area (Å²) in [7, 11) is 1.34. The van der Waals surface area contributed by atoms with Crippen molar-refractivity contribution in [1.29, 1.82) is 0 Å². The number of nitrogens with zero attached hydrogens (tertiary/aromatic N) is 1. The number of hydrogen-bond donors (Lipinski definition) is 1. The number of ether oxygens (including phenoxy) is 2. The number of carbonyl (C=O) groups excluding carboxylic acids is 1. The van der Waals surface area contributed by atoms with Gasteiger partial charge in [0.25, 0.3) is 5.91 Å². The summed E-state index contributed by atoms with van der Waals surface area (Å²) in [6.07, 6.45) is 0.863. The fourth-order valence-corrected chi connectivity index (χ4v) is 3.21. The third kappa shape index (κ3) is 5.17. The van der Waals surface area contributed by atoms with Crippen LogP contribution in [0, 0.1) is 0 Å². The molecule has 0 bridgehead atoms. The van der Waals surface area contributed by atoms with Crippen LogP contribution in [0.15, 0.2) is 48.5 Å². The molecule has 1 heterocycles. The molecule has 0 aromatic heterocycles. The average Bonchev–Trinajstić information content (AvgIpc) is 3.09. The fourth-order valence-electron chi connectivity index (χ4n) is 3.21. The van der Waals surface area contributed by atoms with Crippen molar-refractivity contribution in [2.75, 3.05) is 20.2 Å². The van der Waals surface area contributed by atoms with E-state index in [-0.39, 0.29) is 23.4 Å². The SMILES string of the molecule is COc1cc(C(=O)N[C@H]2CCN(Cc3ccccc3)C2)ccc1OC(F)F. The Balaban J connectivity index is 1.57. The second-order valence-corrected chi connectivity index (χ2v) is 6.42. The molecule has 1 atom stereocenters. The Labute approximate surface area is 156 Å². The van der Waals surface area contributed by atoms with Gasteiger partial charge in [-0.25, -0.2) is 0 Å². The van der Waals surface area contributed by atoms with Crippen LogP contribution < -0.4 is 14.8 Å². The predicted octanol–water partition coefficient (Wildman–Crippen LogP) is 3.30. The molecule has 27 heavy (non-hydrogen) atoms. The molecule has 0 spiro atoms. The summed E-state index contributed by atoms with van der Waals surface area (Å²) in [6, 6.07) is 14.4. The predicted molar refractivity (Wildman–Crippen MR) is 97.2 cm³/mol. The van der Waals surface area contributed by atoms with Crippen LogP contribution in [0.3, 0.4) is 0 Å². The van der Waals surface area contributed by atoms with Gasteiger partial charge in [0.2, 0.25) is 0 Å². The normalized spacial score (nSPS) is 17.1. The van der Waals surface area contributed by atoms with Gasteiger partial charge in [0, 0.05) is 31.2 Å². The fraction of sp³-hybridized carbons (Fsp3) is 0.350. The van der Waals surface area contributed by atoms with Crippen LogP contribution in [0.1, 0.15) is 22.3 Å². The summed E-state index contributed by atoms with van der Waals surface area (Å²) in [5.41, 5.74) is 1.58. The summed E-state index contributed by atoms with van der Waals surface area (Å²) in [5.74, 6) is -0.262. The van der Waals surface area contributed by atoms with Gasteiger partial charge >= 0.3 is 6.61 Å². The summed E-state index contributed by atoms with van der Waals surface area (Å²) < 4.78 is 34.2. The van der Waals surface area contributed by atoms with Crippen LogP contribution in [-0.4, -0.2) is 43.7 Å². The van der Waals surface area contributed by atoms with Crippen molar-refractivity contribution in [2.24, 2.45) is 0 Å². The van der Waals surface area contributed by atoms with Gasteiger partial charge in [0.1, 0.15) is 0 Å². The van der Waals surface area contributed by atoms with E-state index in [1.54, 1.807) is 0 Å². The van der Waals surface area contributed by atoms with Crippen molar-refractivity contribution in [3.05, 3.63) is 59.7 Å². The van der Waals surface area contributed by atoms with Gasteiger partial charge in [-0.05, 0) is 30.2 Å². The molecule has 5 nitrogen and oxygen atoms in total. The van der Waals surface area contributed by atoms with E-state index in [9.17, 15) is 13.6 Å². The zero-order valence-corrected chi connectivity index (χ0v) is 15.0. The second kappa shape index (κ2) is 8.81. The van der Waals surface area contributed by atoms with Crippen molar-refractivity contribution in [3.63, 3.8) is 0 Å². The average molecular weight is 376 g/mol. The molecule has 1 saturated heterocycles. The molecular weight excluding hydrogens is 354 g/mol. The number of rotatable bonds is 7. The van der Waals surface area contributed by atoms with Gasteiger partial charge in [0.05, 0.1) is 7.11 Å². The highest BCUT2D eigenvalue weighted by Crippen LogP contribution is 2.29. The van der Waals surface area contributed by atoms with Gasteiger partial charge < -0.3 is 14.8 Å². The molecule has 0 radical (unpaired) electrons. The third-order valence-electron chi connectivity index (χ3n) is 4.50. The number of amides is 1. The minimum atomic E-state index is -2.95. The number of halogens is 2. The molecule has 1 amide bonds. The molecule has 2 aromatic rings. The minimum absolute atomic E-state index is 0.0456. The van der Waals surface area contributed by atoms with E-state index in [0.717, 1.165) is 26.1 Å². The van der Waals surface area contributed by atoms with Crippen LogP contribution >= 0.6 is 0 Å². The lowest BCUT2D eigenvalue weighted by Crippen LogP contribution is -2.37. The lowest BCUT2D eigenvalue weighted by molar-refractivity contribution is -0.0512. The van der Waals surface area contributed by atoms with Crippen molar-refractivity contribution >= 4 is 5.91 Å². The minimum Gasteiger partial charge on any atom is -0.493 e. The molecule has 0 saturated carbocycles. The van der Waals surface area contributed by atoms with Gasteiger partial charge in [-0.2, -0.15) is 8.78 Å². The van der Waals surface area contributed by atoms with E-state index in [1.807, 2.05) is 18.2 Å². The number of hydrogen-bond acceptors (Lipinski definition) is 4. The first kappa shape index (κ1) is 19.1. The van der Waals surface area contributed by atoms with E-state index < -0.39 is 6.61 Å². The Morgan fingerprint density at radius 2 is 2.00 bits per heavy atom. The topological polar surface area (TPSA) is 50.8 Å². The third-order valence-corrected chi connectivity index (χ3v) is 4.50. The maximum atomic E-state index is 12.5. The van der Waals surface area contributed by atoms with Crippen molar-refractivity contribution < 1.29 is 23.0 Å². The first-order valence-electron chi connectivity index (χ1n) is 8.75. The highest BCUT2D eigenvalue weighted by Gasteiger charge is 2.24. The van der Waals surface area contributed by atoms with Crippen LogP contribution in [0.5, 0.6) is 11.5 Å². The smallest absolute Gasteiger partial charge is 0.387 e. The molecule has 2 aromatic carbocycles. The zero-order chi connectivity index (χ0) is 19.2. The molecule has 0 aliphatic carbocycles. The number of benzene rings is 2. The van der Waals surface area contributed by atoms with E-state index in [2.05, 4.69) is 27.1 Å². The monoisotopic (exact) mass is 376 g/mol. The quantitative estimate of drug-likeness (QED) is 0.806. The Morgan fingerprint density at radius 3 is 2.70 bits per heavy atom. The number of likely N-dealkylation sites (tertiary alicyclic amines) is 1. The van der Waals surface area contributed by atoms with E-state index in [1.165, 1.54) is 30.9 Å².